The van der Waals surface area contributed by atoms with Crippen LogP contribution in [-0.2, 0) is 12.8 Å². The highest BCUT2D eigenvalue weighted by Crippen LogP contribution is 2.28. The van der Waals surface area contributed by atoms with Crippen LogP contribution in [0.5, 0.6) is 0 Å². The highest BCUT2D eigenvalue weighted by molar-refractivity contribution is 5.26. The third-order valence-electron chi connectivity index (χ3n) is 3.52. The van der Waals surface area contributed by atoms with Gasteiger partial charge in [0, 0.05) is 26.2 Å². The molecule has 0 spiro atoms. The van der Waals surface area contributed by atoms with Gasteiger partial charge in [0.2, 0.25) is 5.95 Å². The third-order valence-corrected chi connectivity index (χ3v) is 3.52. The Morgan fingerprint density at radius 2 is 1.80 bits per heavy atom. The zero-order valence-corrected chi connectivity index (χ0v) is 11.1. The number of anilines is 1. The lowest BCUT2D eigenvalue weighted by atomic mass is 10.4. The summed E-state index contributed by atoms with van der Waals surface area (Å²) in [6.07, 6.45) is -4.51. The molecule has 2 aliphatic rings. The number of hydrogen-bond donors (Lipinski definition) is 1. The number of hydrogen-bond acceptors (Lipinski definition) is 6. The molecular formula is C10H16F3N7. The molecule has 112 valence electrons. The molecule has 1 aromatic rings. The predicted molar refractivity (Wildman–Crippen MR) is 64.4 cm³/mol. The van der Waals surface area contributed by atoms with Gasteiger partial charge in [0.1, 0.15) is 6.67 Å². The predicted octanol–water partition coefficient (Wildman–Crippen LogP) is 0.102. The molecule has 2 aliphatic heterocycles. The molecule has 0 radical (unpaired) electrons. The average Bonchev–Trinajstić information content (AvgIpc) is 2.82. The SMILES string of the molecule is CN1CCN(N2CNc3nc(C(F)(F)F)nn3C2)CC1. The highest BCUT2D eigenvalue weighted by Gasteiger charge is 2.38. The van der Waals surface area contributed by atoms with E-state index >= 15 is 0 Å². The van der Waals surface area contributed by atoms with Gasteiger partial charge in [-0.15, -0.1) is 5.10 Å². The maximum atomic E-state index is 12.6. The molecule has 0 aromatic carbocycles. The number of fused-ring (bicyclic) bond motifs is 1. The van der Waals surface area contributed by atoms with E-state index in [2.05, 4.69) is 32.4 Å². The van der Waals surface area contributed by atoms with Gasteiger partial charge in [0.05, 0.1) is 6.67 Å². The number of hydrazine groups is 1. The first-order chi connectivity index (χ1) is 9.43. The van der Waals surface area contributed by atoms with E-state index in [1.807, 2.05) is 5.01 Å². The van der Waals surface area contributed by atoms with Gasteiger partial charge in [-0.25, -0.2) is 14.7 Å². The summed E-state index contributed by atoms with van der Waals surface area (Å²) in [4.78, 5) is 5.69. The van der Waals surface area contributed by atoms with Crippen molar-refractivity contribution in [1.29, 1.82) is 0 Å². The number of nitrogens with zero attached hydrogens (tertiary/aromatic N) is 6. The summed E-state index contributed by atoms with van der Waals surface area (Å²) in [5.74, 6) is -0.928. The summed E-state index contributed by atoms with van der Waals surface area (Å²) in [6.45, 7) is 4.32. The fourth-order valence-corrected chi connectivity index (χ4v) is 2.33. The fourth-order valence-electron chi connectivity index (χ4n) is 2.33. The minimum atomic E-state index is -4.51. The second kappa shape index (κ2) is 4.86. The number of aromatic nitrogens is 3. The molecule has 1 aromatic heterocycles. The molecule has 10 heteroatoms. The molecule has 1 saturated heterocycles. The van der Waals surface area contributed by atoms with Crippen molar-refractivity contribution >= 4 is 5.95 Å². The highest BCUT2D eigenvalue weighted by atomic mass is 19.4. The molecule has 0 unspecified atom stereocenters. The first kappa shape index (κ1) is 13.6. The summed E-state index contributed by atoms with van der Waals surface area (Å²) in [7, 11) is 2.05. The Kier molecular flexibility index (Phi) is 3.30. The number of rotatable bonds is 1. The largest absolute Gasteiger partial charge is 0.453 e. The fraction of sp³-hybridized carbons (Fsp3) is 0.800. The Labute approximate surface area is 113 Å². The first-order valence-electron chi connectivity index (χ1n) is 6.38. The Morgan fingerprint density at radius 3 is 2.45 bits per heavy atom. The van der Waals surface area contributed by atoms with E-state index in [4.69, 9.17) is 0 Å². The monoisotopic (exact) mass is 291 g/mol. The van der Waals surface area contributed by atoms with Gasteiger partial charge in [-0.2, -0.15) is 18.2 Å². The lowest BCUT2D eigenvalue weighted by Gasteiger charge is -2.41. The van der Waals surface area contributed by atoms with E-state index in [1.165, 1.54) is 4.68 Å². The topological polar surface area (TPSA) is 52.5 Å². The second-order valence-corrected chi connectivity index (χ2v) is 5.00. The summed E-state index contributed by atoms with van der Waals surface area (Å²) in [5, 5.41) is 10.5. The molecule has 0 saturated carbocycles. The minimum Gasteiger partial charge on any atom is -0.340 e. The van der Waals surface area contributed by atoms with Crippen LogP contribution in [0.1, 0.15) is 5.82 Å². The van der Waals surface area contributed by atoms with Crippen molar-refractivity contribution < 1.29 is 13.2 Å². The number of nitrogens with one attached hydrogen (secondary N) is 1. The average molecular weight is 291 g/mol. The Bertz CT molecular complexity index is 478. The lowest BCUT2D eigenvalue weighted by molar-refractivity contribution is -0.145. The quantitative estimate of drug-likeness (QED) is 0.792. The van der Waals surface area contributed by atoms with Gasteiger partial charge in [0.25, 0.3) is 5.82 Å². The van der Waals surface area contributed by atoms with Gasteiger partial charge in [-0.1, -0.05) is 0 Å². The van der Waals surface area contributed by atoms with Crippen LogP contribution in [0.2, 0.25) is 0 Å². The van der Waals surface area contributed by atoms with E-state index in [1.54, 1.807) is 0 Å². The van der Waals surface area contributed by atoms with Crippen LogP contribution >= 0.6 is 0 Å². The van der Waals surface area contributed by atoms with Crippen LogP contribution in [0.4, 0.5) is 19.1 Å². The van der Waals surface area contributed by atoms with Gasteiger partial charge < -0.3 is 10.2 Å². The third kappa shape index (κ3) is 2.58. The number of piperazine rings is 1. The molecule has 7 nitrogen and oxygen atoms in total. The summed E-state index contributed by atoms with van der Waals surface area (Å²) < 4.78 is 39.0. The Balaban J connectivity index is 1.70. The van der Waals surface area contributed by atoms with Crippen molar-refractivity contribution in [3.05, 3.63) is 5.82 Å². The van der Waals surface area contributed by atoms with Crippen LogP contribution in [0.15, 0.2) is 0 Å². The maximum absolute atomic E-state index is 12.6. The summed E-state index contributed by atoms with van der Waals surface area (Å²) >= 11 is 0. The molecule has 1 N–H and O–H groups in total. The van der Waals surface area contributed by atoms with Crippen LogP contribution in [-0.4, -0.2) is 69.6 Å². The van der Waals surface area contributed by atoms with Crippen molar-refractivity contribution in [3.8, 4) is 0 Å². The number of alkyl halides is 3. The molecule has 3 heterocycles. The van der Waals surface area contributed by atoms with Crippen molar-refractivity contribution in [3.63, 3.8) is 0 Å². The lowest BCUT2D eigenvalue weighted by Crippen LogP contribution is -2.55. The molecule has 0 amide bonds. The number of halogens is 3. The molecule has 20 heavy (non-hydrogen) atoms. The normalized spacial score (nSPS) is 22.6. The molecular weight excluding hydrogens is 275 g/mol. The van der Waals surface area contributed by atoms with Crippen molar-refractivity contribution in [2.75, 3.05) is 45.2 Å². The summed E-state index contributed by atoms with van der Waals surface area (Å²) in [5.41, 5.74) is 0. The standard InChI is InChI=1S/C10H16F3N7/c1-17-2-4-18(5-3-17)19-6-14-9-15-8(10(11,12)13)16-20(9)7-19/h2-7H2,1H3,(H,14,15,16). The van der Waals surface area contributed by atoms with Crippen molar-refractivity contribution in [2.24, 2.45) is 0 Å². The molecule has 0 bridgehead atoms. The van der Waals surface area contributed by atoms with Gasteiger partial charge in [0.15, 0.2) is 0 Å². The zero-order valence-electron chi connectivity index (χ0n) is 11.1. The van der Waals surface area contributed by atoms with Crippen LogP contribution < -0.4 is 5.32 Å². The van der Waals surface area contributed by atoms with Crippen molar-refractivity contribution in [1.82, 2.24) is 29.7 Å². The van der Waals surface area contributed by atoms with Crippen molar-refractivity contribution in [2.45, 2.75) is 12.8 Å². The van der Waals surface area contributed by atoms with E-state index in [-0.39, 0.29) is 12.6 Å². The molecule has 0 atom stereocenters. The minimum absolute atomic E-state index is 0.169. The first-order valence-corrected chi connectivity index (χ1v) is 6.38. The Morgan fingerprint density at radius 1 is 1.10 bits per heavy atom. The van der Waals surface area contributed by atoms with E-state index < -0.39 is 12.0 Å². The van der Waals surface area contributed by atoms with Gasteiger partial charge >= 0.3 is 6.18 Å². The van der Waals surface area contributed by atoms with Gasteiger partial charge in [-0.05, 0) is 7.05 Å². The zero-order chi connectivity index (χ0) is 14.3. The van der Waals surface area contributed by atoms with Crippen LogP contribution in [0, 0.1) is 0 Å². The molecule has 3 rings (SSSR count). The van der Waals surface area contributed by atoms with Crippen LogP contribution in [0.25, 0.3) is 0 Å². The van der Waals surface area contributed by atoms with E-state index in [0.29, 0.717) is 6.67 Å². The number of likely N-dealkylation sites (N-methyl/N-ethyl adjacent to an activating group) is 1. The second-order valence-electron chi connectivity index (χ2n) is 5.00. The van der Waals surface area contributed by atoms with E-state index in [9.17, 15) is 13.2 Å². The smallest absolute Gasteiger partial charge is 0.340 e. The molecule has 0 aliphatic carbocycles. The summed E-state index contributed by atoms with van der Waals surface area (Å²) in [6, 6.07) is 0. The van der Waals surface area contributed by atoms with E-state index in [0.717, 1.165) is 26.2 Å². The Hall–Kier alpha value is -1.39. The molecule has 1 fully saturated rings. The maximum Gasteiger partial charge on any atom is 0.453 e. The van der Waals surface area contributed by atoms with Gasteiger partial charge in [-0.3, -0.25) is 0 Å². The van der Waals surface area contributed by atoms with Crippen LogP contribution in [0.3, 0.4) is 0 Å².